The fourth-order valence-corrected chi connectivity index (χ4v) is 3.08. The van der Waals surface area contributed by atoms with Gasteiger partial charge in [0.15, 0.2) is 0 Å². The van der Waals surface area contributed by atoms with E-state index in [4.69, 9.17) is 4.84 Å². The highest BCUT2D eigenvalue weighted by Gasteiger charge is 2.47. The van der Waals surface area contributed by atoms with Crippen LogP contribution in [0.15, 0.2) is 30.3 Å². The second kappa shape index (κ2) is 6.55. The van der Waals surface area contributed by atoms with Crippen molar-refractivity contribution in [2.24, 2.45) is 0 Å². The van der Waals surface area contributed by atoms with Crippen LogP contribution in [-0.4, -0.2) is 59.6 Å². The molecule has 1 N–H and O–H groups in total. The SMILES string of the molecule is CN(C)NC(=O)C1CCC2CN1C(=O)N2OCc1ccccc1. The standard InChI is InChI=1S/C16H22N4O3/c1-18(2)17-15(21)14-9-8-13-10-19(14)16(22)20(13)23-11-12-6-4-3-5-7-12/h3-7,13-14H,8-11H2,1-2H3,(H,17,21). The van der Waals surface area contributed by atoms with Crippen LogP contribution < -0.4 is 5.43 Å². The Morgan fingerprint density at radius 2 is 2.04 bits per heavy atom. The number of urea groups is 1. The third-order valence-corrected chi connectivity index (χ3v) is 4.17. The maximum atomic E-state index is 12.5. The molecular weight excluding hydrogens is 296 g/mol. The summed E-state index contributed by atoms with van der Waals surface area (Å²) in [6.45, 7) is 0.893. The van der Waals surface area contributed by atoms with Crippen LogP contribution in [0.25, 0.3) is 0 Å². The van der Waals surface area contributed by atoms with Crippen LogP contribution in [0, 0.1) is 0 Å². The van der Waals surface area contributed by atoms with E-state index in [9.17, 15) is 9.59 Å². The van der Waals surface area contributed by atoms with Crippen molar-refractivity contribution in [2.45, 2.75) is 31.5 Å². The van der Waals surface area contributed by atoms with Crippen molar-refractivity contribution in [2.75, 3.05) is 20.6 Å². The molecule has 3 rings (SSSR count). The monoisotopic (exact) mass is 318 g/mol. The van der Waals surface area contributed by atoms with E-state index >= 15 is 0 Å². The molecule has 2 unspecified atom stereocenters. The lowest BCUT2D eigenvalue weighted by molar-refractivity contribution is -0.140. The number of rotatable bonds is 5. The van der Waals surface area contributed by atoms with Gasteiger partial charge in [0, 0.05) is 20.6 Å². The average molecular weight is 318 g/mol. The second-order valence-electron chi connectivity index (χ2n) is 6.14. The van der Waals surface area contributed by atoms with Crippen molar-refractivity contribution in [3.63, 3.8) is 0 Å². The third-order valence-electron chi connectivity index (χ3n) is 4.17. The molecule has 2 aliphatic heterocycles. The number of piperidine rings is 1. The zero-order chi connectivity index (χ0) is 16.4. The van der Waals surface area contributed by atoms with Gasteiger partial charge in [-0.25, -0.2) is 9.80 Å². The highest BCUT2D eigenvalue weighted by molar-refractivity contribution is 5.88. The molecule has 0 spiro atoms. The molecule has 3 amide bonds. The Morgan fingerprint density at radius 1 is 1.30 bits per heavy atom. The van der Waals surface area contributed by atoms with E-state index in [-0.39, 0.29) is 18.0 Å². The van der Waals surface area contributed by atoms with Gasteiger partial charge >= 0.3 is 6.03 Å². The first-order chi connectivity index (χ1) is 11.1. The van der Waals surface area contributed by atoms with Crippen LogP contribution in [0.2, 0.25) is 0 Å². The van der Waals surface area contributed by atoms with Gasteiger partial charge in [-0.2, -0.15) is 5.06 Å². The summed E-state index contributed by atoms with van der Waals surface area (Å²) in [6.07, 6.45) is 1.42. The summed E-state index contributed by atoms with van der Waals surface area (Å²) in [5.41, 5.74) is 3.74. The van der Waals surface area contributed by atoms with Gasteiger partial charge in [-0.3, -0.25) is 15.1 Å². The van der Waals surface area contributed by atoms with E-state index in [2.05, 4.69) is 5.43 Å². The van der Waals surface area contributed by atoms with E-state index in [1.165, 1.54) is 5.06 Å². The van der Waals surface area contributed by atoms with Gasteiger partial charge in [0.1, 0.15) is 12.6 Å². The fourth-order valence-electron chi connectivity index (χ4n) is 3.08. The topological polar surface area (TPSA) is 65.1 Å². The summed E-state index contributed by atoms with van der Waals surface area (Å²) in [5.74, 6) is -0.147. The predicted octanol–water partition coefficient (Wildman–Crippen LogP) is 0.980. The van der Waals surface area contributed by atoms with E-state index in [0.717, 1.165) is 12.0 Å². The smallest absolute Gasteiger partial charge is 0.309 e. The lowest BCUT2D eigenvalue weighted by Crippen LogP contribution is -2.52. The van der Waals surface area contributed by atoms with Crippen LogP contribution in [-0.2, 0) is 16.2 Å². The highest BCUT2D eigenvalue weighted by Crippen LogP contribution is 2.30. The van der Waals surface area contributed by atoms with Crippen LogP contribution in [0.1, 0.15) is 18.4 Å². The Hall–Kier alpha value is -2.12. The van der Waals surface area contributed by atoms with Crippen molar-refractivity contribution < 1.29 is 14.4 Å². The summed E-state index contributed by atoms with van der Waals surface area (Å²) in [7, 11) is 3.51. The molecular formula is C16H22N4O3. The first-order valence-corrected chi connectivity index (χ1v) is 7.81. The number of carbonyl (C=O) groups is 2. The summed E-state index contributed by atoms with van der Waals surface area (Å²) < 4.78 is 0. The number of carbonyl (C=O) groups excluding carboxylic acids is 2. The number of nitrogens with zero attached hydrogens (tertiary/aromatic N) is 3. The number of amides is 3. The van der Waals surface area contributed by atoms with Crippen LogP contribution >= 0.6 is 0 Å². The molecule has 7 nitrogen and oxygen atoms in total. The van der Waals surface area contributed by atoms with Crippen LogP contribution in [0.4, 0.5) is 4.79 Å². The number of benzene rings is 1. The first-order valence-electron chi connectivity index (χ1n) is 7.81. The van der Waals surface area contributed by atoms with Crippen LogP contribution in [0.3, 0.4) is 0 Å². The number of fused-ring (bicyclic) bond motifs is 2. The molecule has 2 fully saturated rings. The molecule has 0 saturated carbocycles. The molecule has 0 aliphatic carbocycles. The molecule has 2 aliphatic rings. The highest BCUT2D eigenvalue weighted by atomic mass is 16.7. The van der Waals surface area contributed by atoms with Crippen molar-refractivity contribution in [3.8, 4) is 0 Å². The van der Waals surface area contributed by atoms with Gasteiger partial charge in [-0.05, 0) is 18.4 Å². The first kappa shape index (κ1) is 15.8. The zero-order valence-corrected chi connectivity index (χ0v) is 13.4. The van der Waals surface area contributed by atoms with Gasteiger partial charge in [-0.1, -0.05) is 30.3 Å². The summed E-state index contributed by atoms with van der Waals surface area (Å²) in [4.78, 5) is 32.1. The average Bonchev–Trinajstić information content (AvgIpc) is 2.77. The summed E-state index contributed by atoms with van der Waals surface area (Å²) >= 11 is 0. The largest absolute Gasteiger partial charge is 0.345 e. The molecule has 0 radical (unpaired) electrons. The Kier molecular flexibility index (Phi) is 4.49. The Labute approximate surface area is 135 Å². The lowest BCUT2D eigenvalue weighted by atomic mass is 10.0. The number of hydrazine groups is 1. The maximum Gasteiger partial charge on any atom is 0.345 e. The van der Waals surface area contributed by atoms with E-state index < -0.39 is 6.04 Å². The van der Waals surface area contributed by atoms with Gasteiger partial charge in [0.2, 0.25) is 0 Å². The fraction of sp³-hybridized carbons (Fsp3) is 0.500. The Balaban J connectivity index is 1.63. The third kappa shape index (κ3) is 3.30. The summed E-state index contributed by atoms with van der Waals surface area (Å²) in [6, 6.07) is 9.11. The molecule has 2 bridgehead atoms. The van der Waals surface area contributed by atoms with Gasteiger partial charge in [0.05, 0.1) is 6.04 Å². The van der Waals surface area contributed by atoms with E-state index in [1.54, 1.807) is 24.0 Å². The molecule has 2 heterocycles. The lowest BCUT2D eigenvalue weighted by Gasteiger charge is -2.30. The van der Waals surface area contributed by atoms with Gasteiger partial charge in [0.25, 0.3) is 5.91 Å². The van der Waals surface area contributed by atoms with Crippen molar-refractivity contribution in [1.82, 2.24) is 20.4 Å². The minimum atomic E-state index is -0.425. The maximum absolute atomic E-state index is 12.5. The Morgan fingerprint density at radius 3 is 2.74 bits per heavy atom. The minimum Gasteiger partial charge on any atom is -0.309 e. The molecule has 2 saturated heterocycles. The van der Waals surface area contributed by atoms with E-state index in [1.807, 2.05) is 30.3 Å². The van der Waals surface area contributed by atoms with Crippen molar-refractivity contribution in [3.05, 3.63) is 35.9 Å². The normalized spacial score (nSPS) is 23.5. The van der Waals surface area contributed by atoms with Gasteiger partial charge < -0.3 is 4.90 Å². The van der Waals surface area contributed by atoms with Crippen LogP contribution in [0.5, 0.6) is 0 Å². The molecule has 1 aromatic carbocycles. The quantitative estimate of drug-likeness (QED) is 0.822. The molecule has 124 valence electrons. The molecule has 23 heavy (non-hydrogen) atoms. The van der Waals surface area contributed by atoms with Crippen molar-refractivity contribution in [1.29, 1.82) is 0 Å². The zero-order valence-electron chi connectivity index (χ0n) is 13.4. The van der Waals surface area contributed by atoms with E-state index in [0.29, 0.717) is 19.6 Å². The second-order valence-corrected chi connectivity index (χ2v) is 6.14. The number of hydroxylamine groups is 2. The number of nitrogens with one attached hydrogen (secondary N) is 1. The molecule has 1 aromatic rings. The number of hydrogen-bond acceptors (Lipinski definition) is 4. The molecule has 2 atom stereocenters. The Bertz CT molecular complexity index is 578. The molecule has 7 heteroatoms. The molecule has 0 aromatic heterocycles. The minimum absolute atomic E-state index is 0.0228. The van der Waals surface area contributed by atoms with Gasteiger partial charge in [-0.15, -0.1) is 0 Å². The number of hydrogen-bond donors (Lipinski definition) is 1. The summed E-state index contributed by atoms with van der Waals surface area (Å²) in [5, 5.41) is 3.04. The predicted molar refractivity (Wildman–Crippen MR) is 83.8 cm³/mol. The van der Waals surface area contributed by atoms with Crippen molar-refractivity contribution >= 4 is 11.9 Å².